The van der Waals surface area contributed by atoms with E-state index < -0.39 is 22.5 Å². The first-order valence-corrected chi connectivity index (χ1v) is 8.85. The average molecular weight is 380 g/mol. The topological polar surface area (TPSA) is 108 Å². The molecule has 0 saturated heterocycles. The minimum Gasteiger partial charge on any atom is -0.495 e. The van der Waals surface area contributed by atoms with Gasteiger partial charge in [-0.3, -0.25) is 4.79 Å². The molecule has 0 spiro atoms. The molecule has 130 valence electrons. The molecule has 0 atom stereocenters. The Bertz CT molecular complexity index is 939. The smallest absolute Gasteiger partial charge is 0.241 e. The highest BCUT2D eigenvalue weighted by atomic mass is 35.5. The predicted molar refractivity (Wildman–Crippen MR) is 93.0 cm³/mol. The molecule has 7 nitrogen and oxygen atoms in total. The fourth-order valence-electron chi connectivity index (χ4n) is 1.93. The first-order chi connectivity index (χ1) is 11.9. The SMILES string of the molecule is COc1ccc(S(=O)(=O)NCC(=O)Nc2cccc(C#N)c2)cc1Cl. The van der Waals surface area contributed by atoms with Crippen molar-refractivity contribution < 1.29 is 17.9 Å². The fraction of sp³-hybridized carbons (Fsp3) is 0.125. The number of nitrogens with zero attached hydrogens (tertiary/aromatic N) is 1. The van der Waals surface area contributed by atoms with Crippen LogP contribution in [0.15, 0.2) is 47.4 Å². The van der Waals surface area contributed by atoms with E-state index in [9.17, 15) is 13.2 Å². The summed E-state index contributed by atoms with van der Waals surface area (Å²) in [5, 5.41) is 11.5. The Morgan fingerprint density at radius 3 is 2.68 bits per heavy atom. The number of carbonyl (C=O) groups is 1. The van der Waals surface area contributed by atoms with Crippen LogP contribution >= 0.6 is 11.6 Å². The number of carbonyl (C=O) groups excluding carboxylic acids is 1. The molecule has 2 aromatic carbocycles. The predicted octanol–water partition coefficient (Wildman–Crippen LogP) is 2.14. The molecule has 0 heterocycles. The van der Waals surface area contributed by atoms with E-state index in [1.165, 1.54) is 31.4 Å². The molecule has 0 saturated carbocycles. The lowest BCUT2D eigenvalue weighted by atomic mass is 10.2. The van der Waals surface area contributed by atoms with Crippen LogP contribution in [0.1, 0.15) is 5.56 Å². The van der Waals surface area contributed by atoms with Crippen molar-refractivity contribution >= 4 is 33.2 Å². The summed E-state index contributed by atoms with van der Waals surface area (Å²) < 4.78 is 31.6. The van der Waals surface area contributed by atoms with E-state index in [4.69, 9.17) is 21.6 Å². The van der Waals surface area contributed by atoms with Gasteiger partial charge in [-0.1, -0.05) is 17.7 Å². The van der Waals surface area contributed by atoms with Crippen molar-refractivity contribution in [2.45, 2.75) is 4.90 Å². The maximum Gasteiger partial charge on any atom is 0.241 e. The lowest BCUT2D eigenvalue weighted by Gasteiger charge is -2.09. The molecule has 2 aromatic rings. The van der Waals surface area contributed by atoms with E-state index in [1.54, 1.807) is 18.2 Å². The third-order valence-electron chi connectivity index (χ3n) is 3.13. The van der Waals surface area contributed by atoms with Gasteiger partial charge in [0.25, 0.3) is 0 Å². The van der Waals surface area contributed by atoms with Gasteiger partial charge in [0.15, 0.2) is 0 Å². The van der Waals surface area contributed by atoms with Crippen molar-refractivity contribution in [2.24, 2.45) is 0 Å². The van der Waals surface area contributed by atoms with Gasteiger partial charge in [0.2, 0.25) is 15.9 Å². The van der Waals surface area contributed by atoms with Gasteiger partial charge in [-0.2, -0.15) is 5.26 Å². The molecule has 0 fully saturated rings. The summed E-state index contributed by atoms with van der Waals surface area (Å²) in [5.41, 5.74) is 0.780. The molecular weight excluding hydrogens is 366 g/mol. The van der Waals surface area contributed by atoms with Crippen LogP contribution in [0.3, 0.4) is 0 Å². The number of rotatable bonds is 6. The molecule has 0 aliphatic carbocycles. The maximum absolute atomic E-state index is 12.2. The molecule has 1 amide bonds. The molecule has 0 aliphatic heterocycles. The Morgan fingerprint density at radius 1 is 1.28 bits per heavy atom. The largest absolute Gasteiger partial charge is 0.495 e. The monoisotopic (exact) mass is 379 g/mol. The van der Waals surface area contributed by atoms with Crippen molar-refractivity contribution in [1.82, 2.24) is 4.72 Å². The van der Waals surface area contributed by atoms with E-state index >= 15 is 0 Å². The summed E-state index contributed by atoms with van der Waals surface area (Å²) in [7, 11) is -2.50. The van der Waals surface area contributed by atoms with Gasteiger partial charge in [-0.05, 0) is 36.4 Å². The number of anilines is 1. The van der Waals surface area contributed by atoms with Crippen molar-refractivity contribution in [3.63, 3.8) is 0 Å². The number of nitriles is 1. The number of benzene rings is 2. The Labute approximate surface area is 150 Å². The molecule has 0 unspecified atom stereocenters. The summed E-state index contributed by atoms with van der Waals surface area (Å²) in [5.74, 6) is -0.228. The second kappa shape index (κ2) is 7.98. The Kier molecular flexibility index (Phi) is 5.98. The number of sulfonamides is 1. The quantitative estimate of drug-likeness (QED) is 0.799. The van der Waals surface area contributed by atoms with Gasteiger partial charge in [0, 0.05) is 5.69 Å². The van der Waals surface area contributed by atoms with Crippen LogP contribution in [0.5, 0.6) is 5.75 Å². The van der Waals surface area contributed by atoms with Crippen LogP contribution < -0.4 is 14.8 Å². The van der Waals surface area contributed by atoms with E-state index in [-0.39, 0.29) is 9.92 Å². The highest BCUT2D eigenvalue weighted by Crippen LogP contribution is 2.26. The number of hydrogen-bond acceptors (Lipinski definition) is 5. The van der Waals surface area contributed by atoms with Gasteiger partial charge in [-0.15, -0.1) is 0 Å². The zero-order valence-electron chi connectivity index (χ0n) is 13.1. The van der Waals surface area contributed by atoms with E-state index in [0.717, 1.165) is 0 Å². The van der Waals surface area contributed by atoms with E-state index in [0.29, 0.717) is 17.0 Å². The van der Waals surface area contributed by atoms with Gasteiger partial charge in [-0.25, -0.2) is 13.1 Å². The minimum atomic E-state index is -3.91. The standard InChI is InChI=1S/C16H14ClN3O4S/c1-24-15-6-5-13(8-14(15)17)25(22,23)19-10-16(21)20-12-4-2-3-11(7-12)9-18/h2-8,19H,10H2,1H3,(H,20,21). The van der Waals surface area contributed by atoms with Crippen molar-refractivity contribution in [2.75, 3.05) is 19.0 Å². The van der Waals surface area contributed by atoms with Gasteiger partial charge in [0.1, 0.15) is 5.75 Å². The summed E-state index contributed by atoms with van der Waals surface area (Å²) in [6.45, 7) is -0.469. The average Bonchev–Trinajstić information content (AvgIpc) is 2.60. The molecule has 9 heteroatoms. The number of methoxy groups -OCH3 is 1. The first-order valence-electron chi connectivity index (χ1n) is 6.99. The Morgan fingerprint density at radius 2 is 2.04 bits per heavy atom. The fourth-order valence-corrected chi connectivity index (χ4v) is 3.26. The van der Waals surface area contributed by atoms with Crippen molar-refractivity contribution in [3.8, 4) is 11.8 Å². The molecule has 0 aromatic heterocycles. The second-order valence-corrected chi connectivity index (χ2v) is 7.04. The number of amides is 1. The molecule has 0 radical (unpaired) electrons. The summed E-state index contributed by atoms with van der Waals surface area (Å²) in [6.07, 6.45) is 0. The van der Waals surface area contributed by atoms with Crippen LogP contribution in [-0.4, -0.2) is 28.0 Å². The highest BCUT2D eigenvalue weighted by molar-refractivity contribution is 7.89. The van der Waals surface area contributed by atoms with Crippen LogP contribution in [0.4, 0.5) is 5.69 Å². The molecule has 0 aliphatic rings. The molecule has 2 N–H and O–H groups in total. The minimum absolute atomic E-state index is 0.0856. The highest BCUT2D eigenvalue weighted by Gasteiger charge is 2.17. The zero-order chi connectivity index (χ0) is 18.4. The van der Waals surface area contributed by atoms with Crippen LogP contribution in [0.25, 0.3) is 0 Å². The summed E-state index contributed by atoms with van der Waals surface area (Å²) in [4.78, 5) is 11.8. The third-order valence-corrected chi connectivity index (χ3v) is 4.83. The van der Waals surface area contributed by atoms with Crippen LogP contribution in [-0.2, 0) is 14.8 Å². The molecule has 2 rings (SSSR count). The van der Waals surface area contributed by atoms with E-state index in [1.807, 2.05) is 6.07 Å². The molecular formula is C16H14ClN3O4S. The van der Waals surface area contributed by atoms with Crippen LogP contribution in [0.2, 0.25) is 5.02 Å². The number of nitrogens with one attached hydrogen (secondary N) is 2. The van der Waals surface area contributed by atoms with Crippen molar-refractivity contribution in [3.05, 3.63) is 53.1 Å². The summed E-state index contributed by atoms with van der Waals surface area (Å²) >= 11 is 5.91. The number of halogens is 1. The van der Waals surface area contributed by atoms with Gasteiger partial charge >= 0.3 is 0 Å². The molecule has 0 bridgehead atoms. The lowest BCUT2D eigenvalue weighted by molar-refractivity contribution is -0.115. The maximum atomic E-state index is 12.2. The molecule has 25 heavy (non-hydrogen) atoms. The summed E-state index contributed by atoms with van der Waals surface area (Å²) in [6, 6.07) is 12.2. The zero-order valence-corrected chi connectivity index (χ0v) is 14.7. The van der Waals surface area contributed by atoms with Gasteiger partial charge < -0.3 is 10.1 Å². The lowest BCUT2D eigenvalue weighted by Crippen LogP contribution is -2.32. The third kappa shape index (κ3) is 4.93. The Balaban J connectivity index is 2.02. The van der Waals surface area contributed by atoms with Gasteiger partial charge in [0.05, 0.1) is 35.2 Å². The second-order valence-electron chi connectivity index (χ2n) is 4.86. The van der Waals surface area contributed by atoms with Crippen molar-refractivity contribution in [1.29, 1.82) is 5.26 Å². The normalized spacial score (nSPS) is 10.8. The number of hydrogen-bond donors (Lipinski definition) is 2. The van der Waals surface area contributed by atoms with E-state index in [2.05, 4.69) is 10.0 Å². The number of ether oxygens (including phenoxy) is 1. The first kappa shape index (κ1) is 18.7. The Hall–Kier alpha value is -2.60. The van der Waals surface area contributed by atoms with Crippen LogP contribution in [0, 0.1) is 11.3 Å².